The molecular formula is C52H69N3O12. The highest BCUT2D eigenvalue weighted by Crippen LogP contribution is 2.64. The first kappa shape index (κ1) is 48.7. The van der Waals surface area contributed by atoms with Crippen molar-refractivity contribution in [3.8, 4) is 17.2 Å². The molecule has 5 unspecified atom stereocenters. The van der Waals surface area contributed by atoms with E-state index in [1.165, 1.54) is 12.7 Å². The minimum Gasteiger partial charge on any atom is -0.482 e. The van der Waals surface area contributed by atoms with Gasteiger partial charge in [-0.2, -0.15) is 0 Å². The van der Waals surface area contributed by atoms with E-state index in [9.17, 15) is 24.9 Å². The largest absolute Gasteiger partial charge is 0.482 e. The van der Waals surface area contributed by atoms with Crippen LogP contribution in [0.4, 0.5) is 5.95 Å². The molecular weight excluding hydrogens is 859 g/mol. The summed E-state index contributed by atoms with van der Waals surface area (Å²) in [5.41, 5.74) is 0.394. The molecule has 8 rings (SSSR count). The van der Waals surface area contributed by atoms with Crippen LogP contribution in [-0.2, 0) is 35.0 Å². The zero-order valence-corrected chi connectivity index (χ0v) is 41.0. The second-order valence-electron chi connectivity index (χ2n) is 20.6. The number of carbonyl (C=O) groups is 2. The number of ether oxygens (including phenoxy) is 7. The fourth-order valence-electron chi connectivity index (χ4n) is 10.9. The Kier molecular flexibility index (Phi) is 13.0. The number of hydrogen-bond donors (Lipinski definition) is 4. The Morgan fingerprint density at radius 2 is 1.78 bits per heavy atom. The molecule has 6 heterocycles. The zero-order chi connectivity index (χ0) is 48.5. The van der Waals surface area contributed by atoms with Gasteiger partial charge >= 0.3 is 5.97 Å². The molecule has 2 saturated heterocycles. The predicted molar refractivity (Wildman–Crippen MR) is 251 cm³/mol. The zero-order valence-electron chi connectivity index (χ0n) is 41.0. The summed E-state index contributed by atoms with van der Waals surface area (Å²) in [5, 5.41) is 40.9. The molecule has 5 aliphatic heterocycles. The van der Waals surface area contributed by atoms with Crippen LogP contribution in [0.1, 0.15) is 131 Å². The Hall–Kier alpha value is -4.77. The Morgan fingerprint density at radius 1 is 1.04 bits per heavy atom. The van der Waals surface area contributed by atoms with E-state index in [1.807, 2.05) is 50.6 Å². The summed E-state index contributed by atoms with van der Waals surface area (Å²) >= 11 is 0. The molecule has 1 aliphatic carbocycles. The van der Waals surface area contributed by atoms with Crippen molar-refractivity contribution in [1.82, 2.24) is 9.55 Å². The number of methoxy groups -OCH3 is 1. The third-order valence-corrected chi connectivity index (χ3v) is 14.4. The molecule has 0 radical (unpaired) electrons. The van der Waals surface area contributed by atoms with Gasteiger partial charge in [0.25, 0.3) is 0 Å². The van der Waals surface area contributed by atoms with Gasteiger partial charge in [-0.05, 0) is 106 Å². The third-order valence-electron chi connectivity index (χ3n) is 14.4. The summed E-state index contributed by atoms with van der Waals surface area (Å²) in [7, 11) is 1.29. The van der Waals surface area contributed by atoms with Crippen LogP contribution in [0.15, 0.2) is 59.0 Å². The SMILES string of the molecule is COC(=O)/C(C)=C\CC1(O)C(=O)CCC(C(C)C)C12Oc1c(CC=C(C)C)c3c(c(O[C@@H]4O[C@@H]5COC(C)(C)O[C@H]5[C@H](O)[C@H]4O)c1C1=C2C(C)n2ccnc2N1)C=CC(C)(CCC=C(C)C)O3. The van der Waals surface area contributed by atoms with Gasteiger partial charge in [0.15, 0.2) is 22.8 Å². The monoisotopic (exact) mass is 927 g/mol. The molecule has 67 heavy (non-hydrogen) atoms. The van der Waals surface area contributed by atoms with Gasteiger partial charge in [0.2, 0.25) is 12.2 Å². The second kappa shape index (κ2) is 18.0. The number of Topliss-reactive ketones (excluding diaryl/α,β-unsaturated/α-hetero) is 1. The molecule has 15 nitrogen and oxygen atoms in total. The van der Waals surface area contributed by atoms with Gasteiger partial charge in [0.05, 0.1) is 36.6 Å². The number of aliphatic hydroxyl groups excluding tert-OH is 2. The first-order valence-corrected chi connectivity index (χ1v) is 23.7. The van der Waals surface area contributed by atoms with Gasteiger partial charge in [-0.25, -0.2) is 9.78 Å². The van der Waals surface area contributed by atoms with Crippen LogP contribution in [0.3, 0.4) is 0 Å². The molecule has 0 amide bonds. The number of anilines is 1. The maximum atomic E-state index is 14.9. The van der Waals surface area contributed by atoms with E-state index in [1.54, 1.807) is 33.0 Å². The van der Waals surface area contributed by atoms with Crippen molar-refractivity contribution in [1.29, 1.82) is 0 Å². The lowest BCUT2D eigenvalue weighted by Gasteiger charge is -2.59. The quantitative estimate of drug-likeness (QED) is 0.0976. The average Bonchev–Trinajstić information content (AvgIpc) is 3.75. The minimum absolute atomic E-state index is 0.0714. The highest BCUT2D eigenvalue weighted by Gasteiger charge is 2.69. The Labute approximate surface area is 393 Å². The number of esters is 1. The number of ketones is 1. The Bertz CT molecular complexity index is 2450. The van der Waals surface area contributed by atoms with E-state index in [0.29, 0.717) is 64.7 Å². The van der Waals surface area contributed by atoms with Crippen molar-refractivity contribution in [2.24, 2.45) is 11.8 Å². The van der Waals surface area contributed by atoms with E-state index >= 15 is 0 Å². The van der Waals surface area contributed by atoms with Gasteiger partial charge in [-0.3, -0.25) is 4.79 Å². The maximum Gasteiger partial charge on any atom is 0.333 e. The predicted octanol–water partition coefficient (Wildman–Crippen LogP) is 7.68. The topological polar surface area (TPSA) is 189 Å². The lowest BCUT2D eigenvalue weighted by Crippen LogP contribution is -2.72. The van der Waals surface area contributed by atoms with Crippen molar-refractivity contribution in [3.63, 3.8) is 0 Å². The van der Waals surface area contributed by atoms with Crippen LogP contribution in [0.5, 0.6) is 17.2 Å². The fourth-order valence-corrected chi connectivity index (χ4v) is 10.9. The molecule has 1 aromatic heterocycles. The minimum atomic E-state index is -2.22. The van der Waals surface area contributed by atoms with Crippen LogP contribution < -0.4 is 19.5 Å². The molecule has 15 heteroatoms. The van der Waals surface area contributed by atoms with Crippen molar-refractivity contribution in [2.45, 2.75) is 174 Å². The summed E-state index contributed by atoms with van der Waals surface area (Å²) < 4.78 is 47.5. The number of hydrogen-bond acceptors (Lipinski definition) is 14. The Morgan fingerprint density at radius 3 is 2.46 bits per heavy atom. The van der Waals surface area contributed by atoms with Crippen LogP contribution in [-0.4, -0.2) is 104 Å². The summed E-state index contributed by atoms with van der Waals surface area (Å²) in [6.45, 7) is 21.4. The summed E-state index contributed by atoms with van der Waals surface area (Å²) in [6.07, 6.45) is 9.13. The van der Waals surface area contributed by atoms with E-state index in [4.69, 9.17) is 38.1 Å². The van der Waals surface area contributed by atoms with Crippen molar-refractivity contribution >= 4 is 29.5 Å². The number of allylic oxidation sites excluding steroid dienone is 4. The normalized spacial score (nSPS) is 32.7. The fraction of sp³-hybridized carbons (Fsp3) is 0.596. The highest BCUT2D eigenvalue weighted by molar-refractivity contribution is 5.97. The molecule has 2 aromatic rings. The molecule has 4 N–H and O–H groups in total. The summed E-state index contributed by atoms with van der Waals surface area (Å²) in [4.78, 5) is 32.5. The Balaban J connectivity index is 1.44. The van der Waals surface area contributed by atoms with Crippen LogP contribution >= 0.6 is 0 Å². The molecule has 1 aromatic carbocycles. The molecule has 1 saturated carbocycles. The molecule has 1 spiro atoms. The van der Waals surface area contributed by atoms with E-state index in [2.05, 4.69) is 45.2 Å². The van der Waals surface area contributed by atoms with Gasteiger partial charge in [0, 0.05) is 47.9 Å². The number of benzene rings is 1. The molecule has 364 valence electrons. The third kappa shape index (κ3) is 8.37. The van der Waals surface area contributed by atoms with Gasteiger partial charge in [-0.1, -0.05) is 43.2 Å². The second-order valence-corrected chi connectivity index (χ2v) is 20.6. The number of nitrogens with one attached hydrogen (secondary N) is 1. The first-order chi connectivity index (χ1) is 31.6. The first-order valence-electron chi connectivity index (χ1n) is 23.7. The van der Waals surface area contributed by atoms with Crippen molar-refractivity contribution in [2.75, 3.05) is 19.0 Å². The van der Waals surface area contributed by atoms with Crippen molar-refractivity contribution in [3.05, 3.63) is 75.7 Å². The number of aliphatic hydroxyl groups is 3. The number of aromatic nitrogens is 2. The molecule has 10 atom stereocenters. The van der Waals surface area contributed by atoms with Crippen LogP contribution in [0, 0.1) is 11.8 Å². The number of imidazole rings is 1. The number of rotatable bonds is 11. The standard InChI is InChI=1S/C52H69N3O12/c1-27(2)14-13-21-50(11)22-20-33-42(66-50)32(16-15-28(3)4)44-37(43(33)64-47-41(58)40(57)45-35(63-47)26-62-49(9,10)65-45)39-38(31(8)55-25-24-53-48(55)54-39)52(67-44)34(29(5)6)17-18-36(56)51(52,60)23-19-30(7)46(59)61-12/h14-15,19-20,22,24-25,29,31,34-35,40-41,45,47,57-58,60H,13,16-18,21,23,26H2,1-12H3,(H,53,54)/b30-19-/t31?,34?,35-,40-,41-,45-,47+,50?,51?,52?/m1/s1. The van der Waals surface area contributed by atoms with Crippen LogP contribution in [0.2, 0.25) is 0 Å². The van der Waals surface area contributed by atoms with Gasteiger partial charge in [0.1, 0.15) is 47.3 Å². The summed E-state index contributed by atoms with van der Waals surface area (Å²) in [5.74, 6) is -1.13. The van der Waals surface area contributed by atoms with Crippen LogP contribution in [0.25, 0.3) is 11.8 Å². The lowest BCUT2D eigenvalue weighted by atomic mass is 9.55. The van der Waals surface area contributed by atoms with Crippen molar-refractivity contribution < 1.29 is 58.1 Å². The summed E-state index contributed by atoms with van der Waals surface area (Å²) in [6, 6.07) is -0.555. The van der Waals surface area contributed by atoms with E-state index < -0.39 is 77.0 Å². The number of nitrogens with zero attached hydrogens (tertiary/aromatic N) is 2. The number of carbonyl (C=O) groups excluding carboxylic acids is 2. The number of fused-ring (bicyclic) bond motifs is 6. The van der Waals surface area contributed by atoms with Gasteiger partial charge < -0.3 is 58.4 Å². The average molecular weight is 928 g/mol. The van der Waals surface area contributed by atoms with Gasteiger partial charge in [-0.15, -0.1) is 0 Å². The molecule has 6 aliphatic rings. The maximum absolute atomic E-state index is 14.9. The molecule has 0 bridgehead atoms. The molecule has 3 fully saturated rings. The van der Waals surface area contributed by atoms with E-state index in [-0.39, 0.29) is 36.7 Å². The lowest BCUT2D eigenvalue weighted by molar-refractivity contribution is -0.373. The highest BCUT2D eigenvalue weighted by atomic mass is 16.8. The van der Waals surface area contributed by atoms with E-state index in [0.717, 1.165) is 12.0 Å². The smallest absolute Gasteiger partial charge is 0.333 e.